The number of methoxy groups -OCH3 is 2. The van der Waals surface area contributed by atoms with Gasteiger partial charge in [0.15, 0.2) is 0 Å². The second-order valence-electron chi connectivity index (χ2n) is 5.41. The summed E-state index contributed by atoms with van der Waals surface area (Å²) in [5.74, 6) is 1.79. The summed E-state index contributed by atoms with van der Waals surface area (Å²) in [6, 6.07) is 16.8. The maximum Gasteiger partial charge on any atom is 0.119 e. The van der Waals surface area contributed by atoms with Crippen molar-refractivity contribution in [2.75, 3.05) is 19.5 Å². The van der Waals surface area contributed by atoms with Crippen LogP contribution in [-0.4, -0.2) is 20.3 Å². The Labute approximate surface area is 133 Å². The van der Waals surface area contributed by atoms with E-state index in [9.17, 15) is 0 Å². The zero-order chi connectivity index (χ0) is 15.8. The summed E-state index contributed by atoms with van der Waals surface area (Å²) in [7, 11) is 3.39. The van der Waals surface area contributed by atoms with Crippen molar-refractivity contribution in [2.45, 2.75) is 32.2 Å². The van der Waals surface area contributed by atoms with E-state index in [2.05, 4.69) is 36.5 Å². The number of rotatable bonds is 8. The lowest BCUT2D eigenvalue weighted by molar-refractivity contribution is 0.414. The largest absolute Gasteiger partial charge is 0.497 e. The molecule has 0 radical (unpaired) electrons. The van der Waals surface area contributed by atoms with Crippen LogP contribution in [-0.2, 0) is 6.42 Å². The molecule has 0 aliphatic heterocycles. The Morgan fingerprint density at radius 3 is 2.32 bits per heavy atom. The summed E-state index contributed by atoms with van der Waals surface area (Å²) in [6.45, 7) is 2.22. The van der Waals surface area contributed by atoms with E-state index in [4.69, 9.17) is 9.47 Å². The Bertz CT molecular complexity index is 566. The van der Waals surface area contributed by atoms with Crippen LogP contribution in [0.15, 0.2) is 48.5 Å². The smallest absolute Gasteiger partial charge is 0.119 e. The number of anilines is 1. The average Bonchev–Trinajstić information content (AvgIpc) is 2.56. The third kappa shape index (κ3) is 4.69. The van der Waals surface area contributed by atoms with Crippen LogP contribution in [0.4, 0.5) is 5.69 Å². The Morgan fingerprint density at radius 1 is 0.955 bits per heavy atom. The molecule has 118 valence electrons. The molecule has 0 saturated heterocycles. The second kappa shape index (κ2) is 8.32. The third-order valence-corrected chi connectivity index (χ3v) is 3.71. The zero-order valence-corrected chi connectivity index (χ0v) is 13.6. The molecule has 2 aromatic carbocycles. The van der Waals surface area contributed by atoms with Crippen molar-refractivity contribution in [2.24, 2.45) is 0 Å². The molecule has 2 rings (SSSR count). The van der Waals surface area contributed by atoms with Crippen LogP contribution in [0.3, 0.4) is 0 Å². The molecule has 0 aliphatic carbocycles. The first-order chi connectivity index (χ1) is 10.7. The Hall–Kier alpha value is -2.16. The van der Waals surface area contributed by atoms with Crippen molar-refractivity contribution in [3.63, 3.8) is 0 Å². The highest BCUT2D eigenvalue weighted by Gasteiger charge is 2.09. The number of ether oxygens (including phenoxy) is 2. The van der Waals surface area contributed by atoms with Gasteiger partial charge in [-0.05, 0) is 54.8 Å². The fraction of sp³-hybridized carbons (Fsp3) is 0.368. The van der Waals surface area contributed by atoms with Gasteiger partial charge in [-0.15, -0.1) is 0 Å². The van der Waals surface area contributed by atoms with Gasteiger partial charge < -0.3 is 14.8 Å². The van der Waals surface area contributed by atoms with Crippen LogP contribution >= 0.6 is 0 Å². The van der Waals surface area contributed by atoms with Gasteiger partial charge in [0, 0.05) is 11.7 Å². The topological polar surface area (TPSA) is 30.5 Å². The summed E-state index contributed by atoms with van der Waals surface area (Å²) in [5.41, 5.74) is 2.42. The second-order valence-corrected chi connectivity index (χ2v) is 5.41. The average molecular weight is 299 g/mol. The van der Waals surface area contributed by atoms with Gasteiger partial charge >= 0.3 is 0 Å². The predicted molar refractivity (Wildman–Crippen MR) is 92.0 cm³/mol. The molecule has 0 bridgehead atoms. The van der Waals surface area contributed by atoms with Crippen molar-refractivity contribution < 1.29 is 9.47 Å². The lowest BCUT2D eigenvalue weighted by Crippen LogP contribution is -2.22. The van der Waals surface area contributed by atoms with Crippen LogP contribution in [0, 0.1) is 0 Å². The highest BCUT2D eigenvalue weighted by atomic mass is 16.5. The first kappa shape index (κ1) is 16.2. The molecule has 1 unspecified atom stereocenters. The molecule has 0 aliphatic rings. The quantitative estimate of drug-likeness (QED) is 0.777. The lowest BCUT2D eigenvalue weighted by Gasteiger charge is -2.20. The van der Waals surface area contributed by atoms with Crippen molar-refractivity contribution in [3.05, 3.63) is 54.1 Å². The maximum absolute atomic E-state index is 5.31. The van der Waals surface area contributed by atoms with Crippen molar-refractivity contribution in [3.8, 4) is 11.5 Å². The highest BCUT2D eigenvalue weighted by Crippen LogP contribution is 2.20. The molecule has 1 N–H and O–H groups in total. The third-order valence-electron chi connectivity index (χ3n) is 3.71. The molecule has 0 fully saturated rings. The Kier molecular flexibility index (Phi) is 6.13. The van der Waals surface area contributed by atoms with Crippen molar-refractivity contribution in [1.82, 2.24) is 0 Å². The summed E-state index contributed by atoms with van der Waals surface area (Å²) in [5, 5.41) is 3.62. The monoisotopic (exact) mass is 299 g/mol. The SMILES string of the molecule is CCCC(Cc1cccc(OC)c1)Nc1ccc(OC)cc1. The Morgan fingerprint density at radius 2 is 1.68 bits per heavy atom. The molecule has 1 atom stereocenters. The van der Waals surface area contributed by atoms with Crippen LogP contribution in [0.1, 0.15) is 25.3 Å². The first-order valence-electron chi connectivity index (χ1n) is 7.78. The van der Waals surface area contributed by atoms with E-state index in [1.807, 2.05) is 24.3 Å². The molecular formula is C19H25NO2. The fourth-order valence-electron chi connectivity index (χ4n) is 2.58. The summed E-state index contributed by atoms with van der Waals surface area (Å²) in [6.07, 6.45) is 3.26. The van der Waals surface area contributed by atoms with Gasteiger partial charge in [0.25, 0.3) is 0 Å². The van der Waals surface area contributed by atoms with Gasteiger partial charge in [-0.25, -0.2) is 0 Å². The number of benzene rings is 2. The van der Waals surface area contributed by atoms with E-state index in [0.29, 0.717) is 6.04 Å². The van der Waals surface area contributed by atoms with E-state index in [0.717, 1.165) is 36.4 Å². The highest BCUT2D eigenvalue weighted by molar-refractivity contribution is 5.47. The number of hydrogen-bond acceptors (Lipinski definition) is 3. The van der Waals surface area contributed by atoms with Crippen LogP contribution < -0.4 is 14.8 Å². The van der Waals surface area contributed by atoms with E-state index in [1.54, 1.807) is 14.2 Å². The summed E-state index contributed by atoms with van der Waals surface area (Å²) >= 11 is 0. The minimum atomic E-state index is 0.408. The minimum absolute atomic E-state index is 0.408. The predicted octanol–water partition coefficient (Wildman–Crippen LogP) is 4.53. The van der Waals surface area contributed by atoms with Crippen molar-refractivity contribution in [1.29, 1.82) is 0 Å². The van der Waals surface area contributed by atoms with Gasteiger partial charge in [-0.1, -0.05) is 25.5 Å². The first-order valence-corrected chi connectivity index (χ1v) is 7.78. The molecule has 22 heavy (non-hydrogen) atoms. The van der Waals surface area contributed by atoms with E-state index < -0.39 is 0 Å². The van der Waals surface area contributed by atoms with Crippen LogP contribution in [0.5, 0.6) is 11.5 Å². The number of hydrogen-bond donors (Lipinski definition) is 1. The molecule has 0 amide bonds. The van der Waals surface area contributed by atoms with Crippen LogP contribution in [0.25, 0.3) is 0 Å². The summed E-state index contributed by atoms with van der Waals surface area (Å²) in [4.78, 5) is 0. The summed E-state index contributed by atoms with van der Waals surface area (Å²) < 4.78 is 10.5. The molecule has 0 heterocycles. The molecule has 2 aromatic rings. The normalized spacial score (nSPS) is 11.8. The van der Waals surface area contributed by atoms with Crippen molar-refractivity contribution >= 4 is 5.69 Å². The molecule has 3 heteroatoms. The molecule has 0 saturated carbocycles. The van der Waals surface area contributed by atoms with Gasteiger partial charge in [0.1, 0.15) is 11.5 Å². The van der Waals surface area contributed by atoms with E-state index in [-0.39, 0.29) is 0 Å². The van der Waals surface area contributed by atoms with Gasteiger partial charge in [0.05, 0.1) is 14.2 Å². The van der Waals surface area contributed by atoms with E-state index >= 15 is 0 Å². The lowest BCUT2D eigenvalue weighted by atomic mass is 10.0. The molecule has 0 spiro atoms. The van der Waals surface area contributed by atoms with Gasteiger partial charge in [-0.3, -0.25) is 0 Å². The fourth-order valence-corrected chi connectivity index (χ4v) is 2.58. The number of nitrogens with one attached hydrogen (secondary N) is 1. The van der Waals surface area contributed by atoms with Crippen LogP contribution in [0.2, 0.25) is 0 Å². The molecule has 0 aromatic heterocycles. The molecule has 3 nitrogen and oxygen atoms in total. The minimum Gasteiger partial charge on any atom is -0.497 e. The Balaban J connectivity index is 2.04. The standard InChI is InChI=1S/C19H25NO2/c1-4-6-17(13-15-7-5-8-19(14-15)22-3)20-16-9-11-18(21-2)12-10-16/h5,7-12,14,17,20H,4,6,13H2,1-3H3. The maximum atomic E-state index is 5.31. The van der Waals surface area contributed by atoms with Gasteiger partial charge in [-0.2, -0.15) is 0 Å². The van der Waals surface area contributed by atoms with E-state index in [1.165, 1.54) is 5.56 Å². The zero-order valence-electron chi connectivity index (χ0n) is 13.6. The van der Waals surface area contributed by atoms with Gasteiger partial charge in [0.2, 0.25) is 0 Å². The molecular weight excluding hydrogens is 274 g/mol.